The summed E-state index contributed by atoms with van der Waals surface area (Å²) in [6.45, 7) is 7.22. The van der Waals surface area contributed by atoms with Gasteiger partial charge in [0.2, 0.25) is 17.2 Å². The van der Waals surface area contributed by atoms with Gasteiger partial charge in [-0.2, -0.15) is 0 Å². The van der Waals surface area contributed by atoms with Crippen molar-refractivity contribution in [1.29, 1.82) is 0 Å². The minimum Gasteiger partial charge on any atom is -0.477 e. The third-order valence-electron chi connectivity index (χ3n) is 7.04. The number of nitrogens with zero attached hydrogens (tertiary/aromatic N) is 2. The van der Waals surface area contributed by atoms with Crippen molar-refractivity contribution in [2.45, 2.75) is 57.2 Å². The summed E-state index contributed by atoms with van der Waals surface area (Å²) >= 11 is -0.618. The van der Waals surface area contributed by atoms with E-state index in [1.807, 2.05) is 13.8 Å². The molecule has 1 amide bonds. The highest BCUT2D eigenvalue weighted by Gasteiger charge is 2.60. The first kappa shape index (κ1) is 25.3. The molecule has 2 fully saturated rings. The number of β-lactam (4-membered cyclic amide) rings is 1. The first-order valence-corrected chi connectivity index (χ1v) is 13.4. The Labute approximate surface area is 206 Å². The highest BCUT2D eigenvalue weighted by molar-refractivity contribution is 8.03. The molecule has 3 heterocycles. The van der Waals surface area contributed by atoms with Gasteiger partial charge in [0.05, 0.1) is 18.1 Å². The summed E-state index contributed by atoms with van der Waals surface area (Å²) < 4.78 is 23.0. The highest BCUT2D eigenvalue weighted by atomic mass is 32.2. The maximum absolute atomic E-state index is 12.6. The molecular weight excluding hydrogens is 478 g/mol. The molecule has 0 aromatic heterocycles. The van der Waals surface area contributed by atoms with Crippen molar-refractivity contribution >= 4 is 34.9 Å². The van der Waals surface area contributed by atoms with Crippen LogP contribution >= 0.6 is 11.8 Å². The van der Waals surface area contributed by atoms with E-state index in [4.69, 9.17) is 0 Å². The number of benzene rings is 1. The van der Waals surface area contributed by atoms with E-state index < -0.39 is 29.3 Å². The summed E-state index contributed by atoms with van der Waals surface area (Å²) in [5, 5.41) is 20.0. The predicted octanol–water partition coefficient (Wildman–Crippen LogP) is 1.55. The zero-order chi connectivity index (χ0) is 24.7. The second-order valence-electron chi connectivity index (χ2n) is 9.41. The van der Waals surface area contributed by atoms with Crippen molar-refractivity contribution in [2.75, 3.05) is 13.1 Å². The van der Waals surface area contributed by atoms with Gasteiger partial charge in [-0.15, -0.1) is 11.8 Å². The maximum atomic E-state index is 12.6. The zero-order valence-corrected chi connectivity index (χ0v) is 21.0. The van der Waals surface area contributed by atoms with Gasteiger partial charge in [-0.3, -0.25) is 14.2 Å². The van der Waals surface area contributed by atoms with Gasteiger partial charge in [0.1, 0.15) is 5.70 Å². The van der Waals surface area contributed by atoms with Crippen molar-refractivity contribution in [3.63, 3.8) is 0 Å². The number of thioether (sulfide) groups is 1. The molecule has 1 aromatic carbocycles. The number of hydrogen-bond donors (Lipinski definition) is 4. The normalized spacial score (nSPS) is 30.9. The van der Waals surface area contributed by atoms with Gasteiger partial charge in [0.25, 0.3) is 0 Å². The lowest BCUT2D eigenvalue weighted by molar-refractivity contribution is -0.163. The minimum absolute atomic E-state index is 0.00404. The molecule has 34 heavy (non-hydrogen) atoms. The second-order valence-corrected chi connectivity index (χ2v) is 11.5. The number of amides is 1. The summed E-state index contributed by atoms with van der Waals surface area (Å²) in [5.41, 5.74) is 2.35. The predicted molar refractivity (Wildman–Crippen MR) is 130 cm³/mol. The van der Waals surface area contributed by atoms with Crippen LogP contribution in [-0.4, -0.2) is 77.2 Å². The van der Waals surface area contributed by atoms with E-state index in [1.165, 1.54) is 22.2 Å². The molecule has 2 saturated heterocycles. The topological polar surface area (TPSA) is 130 Å². The molecule has 0 radical (unpaired) electrons. The summed E-state index contributed by atoms with van der Waals surface area (Å²) in [4.78, 5) is 29.0. The standard InChI is InChI=1S/C23H31N3O6S2/c1-12-4-6-15(7-5-12)10-25-11-17(8-16(25)9-24-34(31)32)33-21-13(2)19-18(14(3)27)22(28)26(19)20(21)23(29)30/h4-7,13-14,16-19,24,27H,8-11H2,1-3H3,(H,29,30)(H,31,32). The number of aliphatic carboxylic acids is 1. The number of aliphatic hydroxyl groups excluding tert-OH is 1. The van der Waals surface area contributed by atoms with Crippen LogP contribution in [0, 0.1) is 18.8 Å². The van der Waals surface area contributed by atoms with E-state index in [-0.39, 0.29) is 34.9 Å². The van der Waals surface area contributed by atoms with E-state index >= 15 is 0 Å². The van der Waals surface area contributed by atoms with Crippen LogP contribution in [0.1, 0.15) is 31.4 Å². The molecule has 11 heteroatoms. The van der Waals surface area contributed by atoms with Crippen molar-refractivity contribution in [1.82, 2.24) is 14.5 Å². The Morgan fingerprint density at radius 2 is 2.00 bits per heavy atom. The van der Waals surface area contributed by atoms with Crippen LogP contribution < -0.4 is 4.72 Å². The quantitative estimate of drug-likeness (QED) is 0.291. The third-order valence-corrected chi connectivity index (χ3v) is 8.95. The van der Waals surface area contributed by atoms with Crippen LogP contribution in [0.3, 0.4) is 0 Å². The van der Waals surface area contributed by atoms with E-state index in [2.05, 4.69) is 33.9 Å². The van der Waals surface area contributed by atoms with Crippen molar-refractivity contribution in [2.24, 2.45) is 11.8 Å². The van der Waals surface area contributed by atoms with E-state index in [0.29, 0.717) is 31.0 Å². The third kappa shape index (κ3) is 4.82. The van der Waals surface area contributed by atoms with Crippen molar-refractivity contribution in [3.05, 3.63) is 46.0 Å². The van der Waals surface area contributed by atoms with E-state index in [9.17, 15) is 28.6 Å². The lowest BCUT2D eigenvalue weighted by atomic mass is 9.79. The molecule has 0 bridgehead atoms. The Morgan fingerprint density at radius 3 is 2.59 bits per heavy atom. The van der Waals surface area contributed by atoms with Crippen molar-refractivity contribution < 1.29 is 28.6 Å². The fraction of sp³-hybridized carbons (Fsp3) is 0.565. The molecule has 0 saturated carbocycles. The second kappa shape index (κ2) is 10.1. The molecule has 3 aliphatic rings. The average Bonchev–Trinajstić information content (AvgIpc) is 3.24. The van der Waals surface area contributed by atoms with Gasteiger partial charge in [-0.25, -0.2) is 13.7 Å². The molecule has 7 unspecified atom stereocenters. The van der Waals surface area contributed by atoms with Gasteiger partial charge >= 0.3 is 5.97 Å². The average molecular weight is 510 g/mol. The number of fused-ring (bicyclic) bond motifs is 1. The molecule has 7 atom stereocenters. The number of carboxylic acid groups (broad SMARTS) is 1. The number of aryl methyl sites for hydroxylation is 1. The van der Waals surface area contributed by atoms with Crippen LogP contribution in [0.15, 0.2) is 34.9 Å². The number of likely N-dealkylation sites (tertiary alicyclic amines) is 1. The van der Waals surface area contributed by atoms with Crippen LogP contribution in [0.2, 0.25) is 0 Å². The molecular formula is C23H31N3O6S2. The number of nitrogens with one attached hydrogen (secondary N) is 1. The van der Waals surface area contributed by atoms with Crippen LogP contribution in [0.5, 0.6) is 0 Å². The van der Waals surface area contributed by atoms with Gasteiger partial charge in [-0.05, 0) is 25.8 Å². The van der Waals surface area contributed by atoms with Crippen LogP contribution in [0.25, 0.3) is 0 Å². The van der Waals surface area contributed by atoms with Gasteiger partial charge in [0, 0.05) is 41.7 Å². The number of aliphatic hydroxyl groups is 1. The van der Waals surface area contributed by atoms with Crippen molar-refractivity contribution in [3.8, 4) is 0 Å². The molecule has 9 nitrogen and oxygen atoms in total. The highest BCUT2D eigenvalue weighted by Crippen LogP contribution is 2.52. The molecule has 4 N–H and O–H groups in total. The fourth-order valence-electron chi connectivity index (χ4n) is 5.38. The monoisotopic (exact) mass is 509 g/mol. The Bertz CT molecular complexity index is 1010. The Kier molecular flexibility index (Phi) is 7.51. The smallest absolute Gasteiger partial charge is 0.353 e. The summed E-state index contributed by atoms with van der Waals surface area (Å²) in [5.74, 6) is -2.22. The molecule has 4 rings (SSSR count). The zero-order valence-electron chi connectivity index (χ0n) is 19.4. The van der Waals surface area contributed by atoms with Gasteiger partial charge in [-0.1, -0.05) is 36.8 Å². The van der Waals surface area contributed by atoms with Crippen LogP contribution in [-0.2, 0) is 27.4 Å². The minimum atomic E-state index is -2.11. The Balaban J connectivity index is 1.53. The van der Waals surface area contributed by atoms with Crippen LogP contribution in [0.4, 0.5) is 0 Å². The van der Waals surface area contributed by atoms with Gasteiger partial charge in [0.15, 0.2) is 0 Å². The summed E-state index contributed by atoms with van der Waals surface area (Å²) in [6.07, 6.45) is -0.121. The number of carbonyl (C=O) groups is 2. The maximum Gasteiger partial charge on any atom is 0.353 e. The lowest BCUT2D eigenvalue weighted by Crippen LogP contribution is -2.63. The SMILES string of the molecule is Cc1ccc(CN2CC(SC3=C(C(=O)O)N4C(=O)C(C(C)O)C4C3C)CC2CNS(=O)O)cc1. The molecule has 186 valence electrons. The Morgan fingerprint density at radius 1 is 1.32 bits per heavy atom. The molecule has 0 spiro atoms. The number of rotatable bonds is 9. The lowest BCUT2D eigenvalue weighted by Gasteiger charge is -2.46. The molecule has 1 aromatic rings. The fourth-order valence-corrected chi connectivity index (χ4v) is 7.31. The molecule has 0 aliphatic carbocycles. The first-order valence-electron chi connectivity index (χ1n) is 11.4. The number of carbonyl (C=O) groups excluding carboxylic acids is 1. The van der Waals surface area contributed by atoms with E-state index in [1.54, 1.807) is 6.92 Å². The van der Waals surface area contributed by atoms with E-state index in [0.717, 1.165) is 5.56 Å². The number of carboxylic acids is 1. The summed E-state index contributed by atoms with van der Waals surface area (Å²) in [6, 6.07) is 7.92. The van der Waals surface area contributed by atoms with Gasteiger partial charge < -0.3 is 15.1 Å². The number of hydrogen-bond acceptors (Lipinski definition) is 6. The Hall–Kier alpha value is -1.76. The first-order chi connectivity index (χ1) is 16.1. The molecule has 3 aliphatic heterocycles. The largest absolute Gasteiger partial charge is 0.477 e. The summed E-state index contributed by atoms with van der Waals surface area (Å²) in [7, 11) is 0.